The largest absolute Gasteiger partial charge is 0.346 e. The Hall–Kier alpha value is -1.55. The van der Waals surface area contributed by atoms with Crippen LogP contribution in [-0.4, -0.2) is 36.9 Å². The van der Waals surface area contributed by atoms with Crippen LogP contribution in [0.15, 0.2) is 15.8 Å². The van der Waals surface area contributed by atoms with Crippen LogP contribution < -0.4 is 11.2 Å². The minimum Gasteiger partial charge on any atom is -0.346 e. The molecule has 100 valence electrons. The molecular formula is C9H11FN2O6. The molecule has 0 radical (unpaired) electrons. The summed E-state index contributed by atoms with van der Waals surface area (Å²) >= 11 is 0. The van der Waals surface area contributed by atoms with Crippen LogP contribution in [0.2, 0.25) is 0 Å². The van der Waals surface area contributed by atoms with Crippen molar-refractivity contribution < 1.29 is 24.4 Å². The summed E-state index contributed by atoms with van der Waals surface area (Å²) in [7, 11) is 0. The van der Waals surface area contributed by atoms with Gasteiger partial charge in [0.05, 0.1) is 6.20 Å². The van der Waals surface area contributed by atoms with Crippen LogP contribution in [0.4, 0.5) is 4.39 Å². The van der Waals surface area contributed by atoms with Crippen molar-refractivity contribution in [2.75, 3.05) is 0 Å². The molecule has 18 heavy (non-hydrogen) atoms. The van der Waals surface area contributed by atoms with Gasteiger partial charge >= 0.3 is 11.7 Å². The zero-order valence-electron chi connectivity index (χ0n) is 9.04. The highest BCUT2D eigenvalue weighted by Crippen LogP contribution is 2.31. The average Bonchev–Trinajstić information content (AvgIpc) is 2.72. The Kier molecular flexibility index (Phi) is 3.07. The first-order valence-electron chi connectivity index (χ1n) is 5.12. The molecule has 8 nitrogen and oxygen atoms in total. The van der Waals surface area contributed by atoms with Gasteiger partial charge in [0.2, 0.25) is 5.82 Å². The summed E-state index contributed by atoms with van der Waals surface area (Å²) in [6.45, 7) is 0. The van der Waals surface area contributed by atoms with Crippen LogP contribution in [0.1, 0.15) is 19.1 Å². The monoisotopic (exact) mass is 262 g/mol. The van der Waals surface area contributed by atoms with Gasteiger partial charge in [-0.25, -0.2) is 4.79 Å². The molecule has 2 heterocycles. The SMILES string of the molecule is O=c1[nH]c(=O)n(C2CCC(C(O)(O)O)O2)cc1F. The molecule has 2 unspecified atom stereocenters. The van der Waals surface area contributed by atoms with E-state index in [9.17, 15) is 14.0 Å². The summed E-state index contributed by atoms with van der Waals surface area (Å²) in [5.41, 5.74) is -2.03. The normalized spacial score (nSPS) is 24.4. The maximum Gasteiger partial charge on any atom is 0.330 e. The fraction of sp³-hybridized carbons (Fsp3) is 0.556. The molecule has 4 N–H and O–H groups in total. The summed E-state index contributed by atoms with van der Waals surface area (Å²) < 4.78 is 18.8. The number of aliphatic hydroxyl groups is 3. The van der Waals surface area contributed by atoms with Gasteiger partial charge in [0.15, 0.2) is 0 Å². The highest BCUT2D eigenvalue weighted by molar-refractivity contribution is 4.90. The molecule has 0 bridgehead atoms. The molecule has 0 aromatic carbocycles. The van der Waals surface area contributed by atoms with Crippen LogP contribution in [0.3, 0.4) is 0 Å². The predicted octanol–water partition coefficient (Wildman–Crippen LogP) is -2.02. The van der Waals surface area contributed by atoms with Crippen molar-refractivity contribution in [1.29, 1.82) is 0 Å². The molecule has 0 aliphatic carbocycles. The van der Waals surface area contributed by atoms with E-state index >= 15 is 0 Å². The topological polar surface area (TPSA) is 125 Å². The third-order valence-electron chi connectivity index (χ3n) is 2.66. The van der Waals surface area contributed by atoms with E-state index in [0.717, 1.165) is 4.57 Å². The Balaban J connectivity index is 2.28. The molecule has 9 heteroatoms. The van der Waals surface area contributed by atoms with Crippen LogP contribution in [0.5, 0.6) is 0 Å². The number of aromatic amines is 1. The summed E-state index contributed by atoms with van der Waals surface area (Å²) in [5.74, 6) is -4.19. The summed E-state index contributed by atoms with van der Waals surface area (Å²) in [4.78, 5) is 24.0. The van der Waals surface area contributed by atoms with Gasteiger partial charge < -0.3 is 20.1 Å². The number of ether oxygens (including phenoxy) is 1. The molecular weight excluding hydrogens is 251 g/mol. The number of nitrogens with zero attached hydrogens (tertiary/aromatic N) is 1. The minimum atomic E-state index is -3.03. The first-order chi connectivity index (χ1) is 8.29. The smallest absolute Gasteiger partial charge is 0.330 e. The van der Waals surface area contributed by atoms with Gasteiger partial charge in [-0.05, 0) is 12.8 Å². The van der Waals surface area contributed by atoms with E-state index in [0.29, 0.717) is 6.20 Å². The zero-order valence-corrected chi connectivity index (χ0v) is 9.04. The van der Waals surface area contributed by atoms with Crippen LogP contribution in [0, 0.1) is 5.82 Å². The van der Waals surface area contributed by atoms with E-state index in [2.05, 4.69) is 0 Å². The Morgan fingerprint density at radius 2 is 2.06 bits per heavy atom. The molecule has 1 aromatic rings. The number of aromatic nitrogens is 2. The van der Waals surface area contributed by atoms with Gasteiger partial charge in [0, 0.05) is 0 Å². The molecule has 1 fully saturated rings. The molecule has 0 amide bonds. The number of rotatable bonds is 2. The zero-order chi connectivity index (χ0) is 13.5. The summed E-state index contributed by atoms with van der Waals surface area (Å²) in [6.07, 6.45) is -1.42. The maximum atomic E-state index is 13.0. The summed E-state index contributed by atoms with van der Waals surface area (Å²) in [6, 6.07) is 0. The van der Waals surface area contributed by atoms with E-state index < -0.39 is 35.4 Å². The van der Waals surface area contributed by atoms with Gasteiger partial charge in [-0.3, -0.25) is 14.3 Å². The van der Waals surface area contributed by atoms with Crippen LogP contribution in [0.25, 0.3) is 0 Å². The van der Waals surface area contributed by atoms with E-state index in [1.807, 2.05) is 0 Å². The second-order valence-corrected chi connectivity index (χ2v) is 3.99. The number of nitrogens with one attached hydrogen (secondary N) is 1. The molecule has 2 rings (SSSR count). The predicted molar refractivity (Wildman–Crippen MR) is 53.8 cm³/mol. The number of H-pyrrole nitrogens is 1. The summed E-state index contributed by atoms with van der Waals surface area (Å²) in [5, 5.41) is 26.8. The van der Waals surface area contributed by atoms with E-state index in [1.165, 1.54) is 0 Å². The lowest BCUT2D eigenvalue weighted by molar-refractivity contribution is -0.360. The molecule has 1 saturated heterocycles. The Bertz CT molecular complexity index is 559. The number of halogens is 1. The number of hydrogen-bond acceptors (Lipinski definition) is 6. The van der Waals surface area contributed by atoms with Crippen molar-refractivity contribution in [3.8, 4) is 0 Å². The van der Waals surface area contributed by atoms with Gasteiger partial charge in [-0.2, -0.15) is 4.39 Å². The van der Waals surface area contributed by atoms with Gasteiger partial charge in [0.1, 0.15) is 12.3 Å². The van der Waals surface area contributed by atoms with Gasteiger partial charge in [0.25, 0.3) is 5.56 Å². The second kappa shape index (κ2) is 4.28. The quantitative estimate of drug-likeness (QED) is 0.456. The van der Waals surface area contributed by atoms with Crippen LogP contribution >= 0.6 is 0 Å². The lowest BCUT2D eigenvalue weighted by Gasteiger charge is -2.22. The fourth-order valence-corrected chi connectivity index (χ4v) is 1.78. The van der Waals surface area contributed by atoms with Crippen molar-refractivity contribution in [3.05, 3.63) is 32.9 Å². The second-order valence-electron chi connectivity index (χ2n) is 3.99. The minimum absolute atomic E-state index is 0.0569. The van der Waals surface area contributed by atoms with Crippen LogP contribution in [-0.2, 0) is 4.74 Å². The van der Waals surface area contributed by atoms with Crippen molar-refractivity contribution in [1.82, 2.24) is 9.55 Å². The van der Waals surface area contributed by atoms with Crippen molar-refractivity contribution in [2.24, 2.45) is 0 Å². The van der Waals surface area contributed by atoms with E-state index in [1.54, 1.807) is 4.98 Å². The molecule has 2 atom stereocenters. The lowest BCUT2D eigenvalue weighted by Crippen LogP contribution is -2.42. The number of hydrogen-bond donors (Lipinski definition) is 4. The Morgan fingerprint density at radius 1 is 1.39 bits per heavy atom. The molecule has 0 saturated carbocycles. The van der Waals surface area contributed by atoms with Crippen molar-refractivity contribution in [2.45, 2.75) is 31.1 Å². The van der Waals surface area contributed by atoms with Crippen molar-refractivity contribution >= 4 is 0 Å². The fourth-order valence-electron chi connectivity index (χ4n) is 1.78. The van der Waals surface area contributed by atoms with Gasteiger partial charge in [-0.1, -0.05) is 0 Å². The van der Waals surface area contributed by atoms with E-state index in [4.69, 9.17) is 20.1 Å². The molecule has 1 aromatic heterocycles. The van der Waals surface area contributed by atoms with E-state index in [-0.39, 0.29) is 12.8 Å². The molecule has 1 aliphatic heterocycles. The first kappa shape index (κ1) is 12.9. The highest BCUT2D eigenvalue weighted by Gasteiger charge is 2.40. The van der Waals surface area contributed by atoms with Crippen molar-refractivity contribution in [3.63, 3.8) is 0 Å². The first-order valence-corrected chi connectivity index (χ1v) is 5.12. The molecule has 0 spiro atoms. The Labute approximate surface area is 98.9 Å². The third-order valence-corrected chi connectivity index (χ3v) is 2.66. The average molecular weight is 262 g/mol. The lowest BCUT2D eigenvalue weighted by atomic mass is 10.2. The molecule has 1 aliphatic rings. The standard InChI is InChI=1S/C9H11FN2O6/c10-4-3-12(8(14)11-7(4)13)6-2-1-5(18-6)9(15,16)17/h3,5-6,15-17H,1-2H2,(H,11,13,14). The highest BCUT2D eigenvalue weighted by atomic mass is 19.1. The van der Waals surface area contributed by atoms with Gasteiger partial charge in [-0.15, -0.1) is 0 Å². The Morgan fingerprint density at radius 3 is 2.61 bits per heavy atom. The third kappa shape index (κ3) is 2.34. The maximum absolute atomic E-state index is 13.0.